The van der Waals surface area contributed by atoms with Gasteiger partial charge in [-0.15, -0.1) is 0 Å². The SMILES string of the molecule is CCCNCc1cc(Br)cnc1N1CCCC(C)(C)C1. The third-order valence-electron chi connectivity index (χ3n) is 3.85. The Bertz CT molecular complexity index is 445. The first-order valence-electron chi connectivity index (χ1n) is 7.62. The van der Waals surface area contributed by atoms with Crippen LogP contribution in [0, 0.1) is 5.41 Å². The number of piperidine rings is 1. The minimum absolute atomic E-state index is 0.390. The van der Waals surface area contributed by atoms with E-state index in [0.29, 0.717) is 5.41 Å². The summed E-state index contributed by atoms with van der Waals surface area (Å²) in [6.45, 7) is 11.1. The van der Waals surface area contributed by atoms with Crippen LogP contribution in [0.4, 0.5) is 5.82 Å². The van der Waals surface area contributed by atoms with Gasteiger partial charge in [-0.3, -0.25) is 0 Å². The van der Waals surface area contributed by atoms with Gasteiger partial charge >= 0.3 is 0 Å². The largest absolute Gasteiger partial charge is 0.356 e. The highest BCUT2D eigenvalue weighted by Crippen LogP contribution is 2.32. The number of nitrogens with zero attached hydrogens (tertiary/aromatic N) is 2. The number of nitrogens with one attached hydrogen (secondary N) is 1. The molecule has 0 radical (unpaired) electrons. The van der Waals surface area contributed by atoms with Gasteiger partial charge in [0.2, 0.25) is 0 Å². The zero-order valence-corrected chi connectivity index (χ0v) is 14.5. The molecule has 0 bridgehead atoms. The number of hydrogen-bond acceptors (Lipinski definition) is 3. The van der Waals surface area contributed by atoms with E-state index in [9.17, 15) is 0 Å². The van der Waals surface area contributed by atoms with Gasteiger partial charge in [0.15, 0.2) is 0 Å². The van der Waals surface area contributed by atoms with Crippen LogP contribution >= 0.6 is 15.9 Å². The van der Waals surface area contributed by atoms with E-state index in [4.69, 9.17) is 0 Å². The van der Waals surface area contributed by atoms with Crippen LogP contribution in [0.2, 0.25) is 0 Å². The zero-order chi connectivity index (χ0) is 14.6. The van der Waals surface area contributed by atoms with Crippen LogP contribution in [0.25, 0.3) is 0 Å². The van der Waals surface area contributed by atoms with Gasteiger partial charge in [0.05, 0.1) is 0 Å². The predicted molar refractivity (Wildman–Crippen MR) is 89.2 cm³/mol. The van der Waals surface area contributed by atoms with E-state index < -0.39 is 0 Å². The van der Waals surface area contributed by atoms with Gasteiger partial charge in [-0.2, -0.15) is 0 Å². The van der Waals surface area contributed by atoms with Gasteiger partial charge < -0.3 is 10.2 Å². The van der Waals surface area contributed by atoms with Gasteiger partial charge in [0, 0.05) is 35.9 Å². The maximum absolute atomic E-state index is 4.69. The van der Waals surface area contributed by atoms with Crippen LogP contribution < -0.4 is 10.2 Å². The van der Waals surface area contributed by atoms with Gasteiger partial charge in [-0.25, -0.2) is 4.98 Å². The number of anilines is 1. The summed E-state index contributed by atoms with van der Waals surface area (Å²) in [6, 6.07) is 2.20. The Labute approximate surface area is 131 Å². The Balaban J connectivity index is 2.17. The number of halogens is 1. The normalized spacial score (nSPS) is 18.3. The van der Waals surface area contributed by atoms with Crippen molar-refractivity contribution in [2.45, 2.75) is 46.6 Å². The highest BCUT2D eigenvalue weighted by atomic mass is 79.9. The fraction of sp³-hybridized carbons (Fsp3) is 0.688. The molecule has 0 unspecified atom stereocenters. The van der Waals surface area contributed by atoms with Crippen molar-refractivity contribution in [1.29, 1.82) is 0 Å². The van der Waals surface area contributed by atoms with Crippen LogP contribution in [-0.4, -0.2) is 24.6 Å². The average Bonchev–Trinajstić information content (AvgIpc) is 2.38. The molecule has 1 aromatic heterocycles. The summed E-state index contributed by atoms with van der Waals surface area (Å²) in [7, 11) is 0. The molecule has 4 heteroatoms. The lowest BCUT2D eigenvalue weighted by molar-refractivity contribution is 0.291. The van der Waals surface area contributed by atoms with E-state index in [1.165, 1.54) is 18.4 Å². The molecule has 2 rings (SSSR count). The lowest BCUT2D eigenvalue weighted by atomic mass is 9.84. The smallest absolute Gasteiger partial charge is 0.133 e. The fourth-order valence-corrected chi connectivity index (χ4v) is 3.27. The van der Waals surface area contributed by atoms with Crippen molar-refractivity contribution in [3.05, 3.63) is 22.3 Å². The Morgan fingerprint density at radius 1 is 1.45 bits per heavy atom. The van der Waals surface area contributed by atoms with Crippen molar-refractivity contribution in [2.24, 2.45) is 5.41 Å². The van der Waals surface area contributed by atoms with E-state index in [2.05, 4.69) is 58.0 Å². The molecule has 1 aromatic rings. The molecule has 1 N–H and O–H groups in total. The first-order valence-corrected chi connectivity index (χ1v) is 8.41. The van der Waals surface area contributed by atoms with Gasteiger partial charge in [-0.1, -0.05) is 20.8 Å². The summed E-state index contributed by atoms with van der Waals surface area (Å²) in [6.07, 6.45) is 5.64. The lowest BCUT2D eigenvalue weighted by Crippen LogP contribution is -2.41. The Kier molecular flexibility index (Phi) is 5.44. The molecule has 0 spiro atoms. The molecule has 1 aliphatic heterocycles. The molecule has 0 saturated carbocycles. The molecule has 0 atom stereocenters. The van der Waals surface area contributed by atoms with E-state index >= 15 is 0 Å². The minimum atomic E-state index is 0.390. The molecular formula is C16H26BrN3. The summed E-state index contributed by atoms with van der Waals surface area (Å²) in [5.41, 5.74) is 1.69. The van der Waals surface area contributed by atoms with E-state index in [1.54, 1.807) is 0 Å². The maximum Gasteiger partial charge on any atom is 0.133 e. The molecule has 0 aromatic carbocycles. The topological polar surface area (TPSA) is 28.2 Å². The van der Waals surface area contributed by atoms with E-state index in [1.807, 2.05) is 6.20 Å². The second-order valence-electron chi connectivity index (χ2n) is 6.50. The summed E-state index contributed by atoms with van der Waals surface area (Å²) < 4.78 is 1.06. The van der Waals surface area contributed by atoms with Crippen molar-refractivity contribution < 1.29 is 0 Å². The molecule has 0 aliphatic carbocycles. The first-order chi connectivity index (χ1) is 9.52. The number of hydrogen-bond donors (Lipinski definition) is 1. The average molecular weight is 340 g/mol. The Morgan fingerprint density at radius 3 is 2.95 bits per heavy atom. The van der Waals surface area contributed by atoms with Gasteiger partial charge in [0.1, 0.15) is 5.82 Å². The second-order valence-corrected chi connectivity index (χ2v) is 7.42. The molecule has 112 valence electrons. The third kappa shape index (κ3) is 4.19. The van der Waals surface area contributed by atoms with Crippen LogP contribution in [-0.2, 0) is 6.54 Å². The highest BCUT2D eigenvalue weighted by Gasteiger charge is 2.28. The molecule has 2 heterocycles. The lowest BCUT2D eigenvalue weighted by Gasteiger charge is -2.39. The Hall–Kier alpha value is -0.610. The molecule has 1 fully saturated rings. The van der Waals surface area contributed by atoms with Crippen LogP contribution in [0.3, 0.4) is 0 Å². The molecule has 0 amide bonds. The summed E-state index contributed by atoms with van der Waals surface area (Å²) >= 11 is 3.54. The number of aromatic nitrogens is 1. The van der Waals surface area contributed by atoms with Crippen LogP contribution in [0.1, 0.15) is 45.6 Å². The number of pyridine rings is 1. The number of rotatable bonds is 5. The maximum atomic E-state index is 4.69. The third-order valence-corrected chi connectivity index (χ3v) is 4.29. The standard InChI is InChI=1S/C16H26BrN3/c1-4-7-18-10-13-9-14(17)11-19-15(13)20-8-5-6-16(2,3)12-20/h9,11,18H,4-8,10,12H2,1-3H3. The van der Waals surface area contributed by atoms with E-state index in [0.717, 1.165) is 42.9 Å². The van der Waals surface area contributed by atoms with Crippen molar-refractivity contribution in [3.8, 4) is 0 Å². The summed E-state index contributed by atoms with van der Waals surface area (Å²) in [4.78, 5) is 7.14. The molecule has 1 aliphatic rings. The second kappa shape index (κ2) is 6.90. The molecule has 3 nitrogen and oxygen atoms in total. The first kappa shape index (κ1) is 15.8. The van der Waals surface area contributed by atoms with Crippen molar-refractivity contribution in [2.75, 3.05) is 24.5 Å². The highest BCUT2D eigenvalue weighted by molar-refractivity contribution is 9.10. The van der Waals surface area contributed by atoms with Gasteiger partial charge in [0.25, 0.3) is 0 Å². The van der Waals surface area contributed by atoms with E-state index in [-0.39, 0.29) is 0 Å². The zero-order valence-electron chi connectivity index (χ0n) is 12.9. The minimum Gasteiger partial charge on any atom is -0.356 e. The quantitative estimate of drug-likeness (QED) is 0.822. The summed E-state index contributed by atoms with van der Waals surface area (Å²) in [5.74, 6) is 1.16. The molecule has 20 heavy (non-hydrogen) atoms. The van der Waals surface area contributed by atoms with Crippen LogP contribution in [0.15, 0.2) is 16.7 Å². The molecule has 1 saturated heterocycles. The predicted octanol–water partition coefficient (Wildman–Crippen LogP) is 3.97. The Morgan fingerprint density at radius 2 is 2.25 bits per heavy atom. The fourth-order valence-electron chi connectivity index (χ4n) is 2.89. The van der Waals surface area contributed by atoms with Crippen molar-refractivity contribution in [3.63, 3.8) is 0 Å². The summed E-state index contributed by atoms with van der Waals surface area (Å²) in [5, 5.41) is 3.49. The molecular weight excluding hydrogens is 314 g/mol. The van der Waals surface area contributed by atoms with Crippen molar-refractivity contribution >= 4 is 21.7 Å². The monoisotopic (exact) mass is 339 g/mol. The van der Waals surface area contributed by atoms with Crippen LogP contribution in [0.5, 0.6) is 0 Å². The van der Waals surface area contributed by atoms with Crippen molar-refractivity contribution in [1.82, 2.24) is 10.3 Å². The van der Waals surface area contributed by atoms with Gasteiger partial charge in [-0.05, 0) is 53.2 Å².